The van der Waals surface area contributed by atoms with Crippen LogP contribution in [0.4, 0.5) is 10.5 Å². The number of amides is 2. The van der Waals surface area contributed by atoms with Gasteiger partial charge < -0.3 is 15.0 Å². The molecule has 1 saturated heterocycles. The first-order valence-corrected chi connectivity index (χ1v) is 9.52. The molecule has 1 fully saturated rings. The van der Waals surface area contributed by atoms with Crippen LogP contribution in [-0.2, 0) is 6.54 Å². The van der Waals surface area contributed by atoms with Crippen molar-refractivity contribution < 1.29 is 9.53 Å². The average molecular weight is 368 g/mol. The lowest BCUT2D eigenvalue weighted by Gasteiger charge is -2.30. The molecule has 0 bridgehead atoms. The summed E-state index contributed by atoms with van der Waals surface area (Å²) in [5.41, 5.74) is 1.84. The molecule has 2 amide bonds. The molecule has 0 aliphatic carbocycles. The van der Waals surface area contributed by atoms with E-state index in [1.807, 2.05) is 41.3 Å². The third-order valence-corrected chi connectivity index (χ3v) is 5.09. The van der Waals surface area contributed by atoms with Gasteiger partial charge in [-0.3, -0.25) is 9.88 Å². The Morgan fingerprint density at radius 1 is 1.26 bits per heavy atom. The maximum Gasteiger partial charge on any atom is 0.322 e. The highest BCUT2D eigenvalue weighted by molar-refractivity contribution is 5.89. The van der Waals surface area contributed by atoms with Crippen LogP contribution in [0, 0.1) is 0 Å². The predicted octanol–water partition coefficient (Wildman–Crippen LogP) is 3.61. The van der Waals surface area contributed by atoms with Crippen LogP contribution in [0.1, 0.15) is 25.3 Å². The molecule has 1 aliphatic rings. The molecule has 0 spiro atoms. The molecule has 3 rings (SSSR count). The lowest BCUT2D eigenvalue weighted by Crippen LogP contribution is -2.44. The van der Waals surface area contributed by atoms with Gasteiger partial charge in [-0.25, -0.2) is 4.79 Å². The van der Waals surface area contributed by atoms with Gasteiger partial charge in [0.05, 0.1) is 7.11 Å². The van der Waals surface area contributed by atoms with Crippen molar-refractivity contribution in [2.24, 2.45) is 0 Å². The van der Waals surface area contributed by atoms with Gasteiger partial charge in [0.15, 0.2) is 0 Å². The Bertz CT molecular complexity index is 721. The Morgan fingerprint density at radius 2 is 2.00 bits per heavy atom. The van der Waals surface area contributed by atoms with Gasteiger partial charge >= 0.3 is 6.03 Å². The van der Waals surface area contributed by atoms with E-state index in [0.717, 1.165) is 43.1 Å². The zero-order valence-electron chi connectivity index (χ0n) is 16.1. The quantitative estimate of drug-likeness (QED) is 0.811. The molecule has 0 radical (unpaired) electrons. The number of hydrogen-bond acceptors (Lipinski definition) is 4. The summed E-state index contributed by atoms with van der Waals surface area (Å²) in [6.07, 6.45) is 5.86. The molecule has 6 heteroatoms. The number of aromatic nitrogens is 1. The minimum absolute atomic E-state index is 0.0834. The Labute approximate surface area is 161 Å². The molecule has 0 saturated carbocycles. The summed E-state index contributed by atoms with van der Waals surface area (Å²) in [5, 5.41) is 3.02. The number of rotatable bonds is 7. The topological polar surface area (TPSA) is 57.7 Å². The van der Waals surface area contributed by atoms with Crippen molar-refractivity contribution in [3.8, 4) is 5.75 Å². The maximum absolute atomic E-state index is 13.0. The SMILES string of the molecule is CCN1CCCC1CN(Cc1ccncc1)C(=O)Nc1ccc(OC)cc1. The van der Waals surface area contributed by atoms with Crippen LogP contribution in [-0.4, -0.2) is 53.6 Å². The number of pyridine rings is 1. The van der Waals surface area contributed by atoms with Crippen LogP contribution in [0.2, 0.25) is 0 Å². The van der Waals surface area contributed by atoms with E-state index in [9.17, 15) is 4.79 Å². The minimum Gasteiger partial charge on any atom is -0.497 e. The Morgan fingerprint density at radius 3 is 2.67 bits per heavy atom. The Kier molecular flexibility index (Phi) is 6.65. The van der Waals surface area contributed by atoms with E-state index in [-0.39, 0.29) is 6.03 Å². The number of anilines is 1. The Balaban J connectivity index is 1.71. The first-order chi connectivity index (χ1) is 13.2. The number of nitrogens with zero attached hydrogens (tertiary/aromatic N) is 3. The van der Waals surface area contributed by atoms with Gasteiger partial charge in [-0.05, 0) is 67.9 Å². The van der Waals surface area contributed by atoms with Gasteiger partial charge in [-0.1, -0.05) is 6.92 Å². The molecule has 1 N–H and O–H groups in total. The van der Waals surface area contributed by atoms with E-state index in [4.69, 9.17) is 4.74 Å². The van der Waals surface area contributed by atoms with Crippen molar-refractivity contribution in [3.05, 3.63) is 54.4 Å². The monoisotopic (exact) mass is 368 g/mol. The number of benzene rings is 1. The fraction of sp³-hybridized carbons (Fsp3) is 0.429. The number of hydrogen-bond donors (Lipinski definition) is 1. The summed E-state index contributed by atoms with van der Waals surface area (Å²) in [5.74, 6) is 0.770. The second-order valence-corrected chi connectivity index (χ2v) is 6.82. The number of nitrogens with one attached hydrogen (secondary N) is 1. The molecule has 1 unspecified atom stereocenters. The molecule has 1 aliphatic heterocycles. The number of likely N-dealkylation sites (tertiary alicyclic amines) is 1. The van der Waals surface area contributed by atoms with Crippen molar-refractivity contribution in [1.82, 2.24) is 14.8 Å². The van der Waals surface area contributed by atoms with Gasteiger partial charge in [-0.2, -0.15) is 0 Å². The number of urea groups is 1. The van der Waals surface area contributed by atoms with Crippen molar-refractivity contribution in [2.75, 3.05) is 32.1 Å². The summed E-state index contributed by atoms with van der Waals surface area (Å²) in [6, 6.07) is 11.7. The highest BCUT2D eigenvalue weighted by Gasteiger charge is 2.27. The van der Waals surface area contributed by atoms with E-state index in [0.29, 0.717) is 12.6 Å². The molecule has 2 heterocycles. The van der Waals surface area contributed by atoms with Gasteiger partial charge in [0.25, 0.3) is 0 Å². The number of likely N-dealkylation sites (N-methyl/N-ethyl adjacent to an activating group) is 1. The van der Waals surface area contributed by atoms with E-state index in [2.05, 4.69) is 22.1 Å². The van der Waals surface area contributed by atoms with Gasteiger partial charge in [-0.15, -0.1) is 0 Å². The maximum atomic E-state index is 13.0. The molecule has 2 aromatic rings. The number of carbonyl (C=O) groups excluding carboxylic acids is 1. The zero-order chi connectivity index (χ0) is 19.1. The first-order valence-electron chi connectivity index (χ1n) is 9.52. The fourth-order valence-corrected chi connectivity index (χ4v) is 3.58. The predicted molar refractivity (Wildman–Crippen MR) is 107 cm³/mol. The van der Waals surface area contributed by atoms with Crippen molar-refractivity contribution in [1.29, 1.82) is 0 Å². The van der Waals surface area contributed by atoms with Gasteiger partial charge in [0.2, 0.25) is 0 Å². The summed E-state index contributed by atoms with van der Waals surface area (Å²) < 4.78 is 5.18. The van der Waals surface area contributed by atoms with E-state index >= 15 is 0 Å². The molecule has 144 valence electrons. The average Bonchev–Trinajstić information content (AvgIpc) is 3.16. The third kappa shape index (κ3) is 5.20. The van der Waals surface area contributed by atoms with Gasteiger partial charge in [0.1, 0.15) is 5.75 Å². The molecular formula is C21H28N4O2. The molecule has 1 aromatic carbocycles. The fourth-order valence-electron chi connectivity index (χ4n) is 3.58. The normalized spacial score (nSPS) is 16.9. The van der Waals surface area contributed by atoms with E-state index in [1.165, 1.54) is 6.42 Å². The van der Waals surface area contributed by atoms with Crippen LogP contribution in [0.5, 0.6) is 5.75 Å². The lowest BCUT2D eigenvalue weighted by atomic mass is 10.2. The van der Waals surface area contributed by atoms with E-state index < -0.39 is 0 Å². The first kappa shape index (κ1) is 19.2. The highest BCUT2D eigenvalue weighted by Crippen LogP contribution is 2.20. The molecule has 27 heavy (non-hydrogen) atoms. The molecule has 6 nitrogen and oxygen atoms in total. The second-order valence-electron chi connectivity index (χ2n) is 6.82. The minimum atomic E-state index is -0.0834. The lowest BCUT2D eigenvalue weighted by molar-refractivity contribution is 0.175. The van der Waals surface area contributed by atoms with E-state index in [1.54, 1.807) is 19.5 Å². The number of carbonyl (C=O) groups is 1. The molecule has 1 atom stereocenters. The van der Waals surface area contributed by atoms with Crippen LogP contribution < -0.4 is 10.1 Å². The number of methoxy groups -OCH3 is 1. The zero-order valence-corrected chi connectivity index (χ0v) is 16.1. The third-order valence-electron chi connectivity index (χ3n) is 5.09. The highest BCUT2D eigenvalue weighted by atomic mass is 16.5. The summed E-state index contributed by atoms with van der Waals surface area (Å²) in [6.45, 7) is 5.61. The van der Waals surface area contributed by atoms with Crippen molar-refractivity contribution >= 4 is 11.7 Å². The van der Waals surface area contributed by atoms with Crippen molar-refractivity contribution in [2.45, 2.75) is 32.4 Å². The Hall–Kier alpha value is -2.60. The van der Waals surface area contributed by atoms with Gasteiger partial charge in [0, 0.05) is 37.2 Å². The van der Waals surface area contributed by atoms with Crippen LogP contribution >= 0.6 is 0 Å². The standard InChI is InChI=1S/C21H28N4O2/c1-3-24-14-4-5-19(24)16-25(15-17-10-12-22-13-11-17)21(26)23-18-6-8-20(27-2)9-7-18/h6-13,19H,3-5,14-16H2,1-2H3,(H,23,26). The number of ether oxygens (including phenoxy) is 1. The van der Waals surface area contributed by atoms with Crippen LogP contribution in [0.3, 0.4) is 0 Å². The largest absolute Gasteiger partial charge is 0.497 e. The second kappa shape index (κ2) is 9.37. The van der Waals surface area contributed by atoms with Crippen LogP contribution in [0.25, 0.3) is 0 Å². The summed E-state index contributed by atoms with van der Waals surface area (Å²) >= 11 is 0. The summed E-state index contributed by atoms with van der Waals surface area (Å²) in [4.78, 5) is 21.4. The summed E-state index contributed by atoms with van der Waals surface area (Å²) in [7, 11) is 1.63. The molecule has 1 aromatic heterocycles. The smallest absolute Gasteiger partial charge is 0.322 e. The van der Waals surface area contributed by atoms with Crippen molar-refractivity contribution in [3.63, 3.8) is 0 Å². The molecular weight excluding hydrogens is 340 g/mol. The van der Waals surface area contributed by atoms with Crippen LogP contribution in [0.15, 0.2) is 48.8 Å².